The molecule has 2 aromatic heterocycles. The minimum Gasteiger partial charge on any atom is -0.355 e. The van der Waals surface area contributed by atoms with Crippen molar-refractivity contribution < 1.29 is 0 Å². The summed E-state index contributed by atoms with van der Waals surface area (Å²) in [4.78, 5) is 6.80. The van der Waals surface area contributed by atoms with E-state index in [0.29, 0.717) is 12.6 Å². The number of rotatable bonds is 4. The molecular weight excluding hydrogens is 238 g/mol. The van der Waals surface area contributed by atoms with Gasteiger partial charge in [-0.3, -0.25) is 0 Å². The Morgan fingerprint density at radius 3 is 2.89 bits per heavy atom. The van der Waals surface area contributed by atoms with Gasteiger partial charge < -0.3 is 10.6 Å². The number of hydrogen-bond acceptors (Lipinski definition) is 4. The number of aromatic nitrogens is 3. The van der Waals surface area contributed by atoms with E-state index in [1.807, 2.05) is 16.8 Å². The summed E-state index contributed by atoms with van der Waals surface area (Å²) in [6.45, 7) is 0.624. The van der Waals surface area contributed by atoms with Crippen molar-refractivity contribution in [2.45, 2.75) is 38.1 Å². The molecule has 0 aliphatic heterocycles. The van der Waals surface area contributed by atoms with Crippen LogP contribution in [0.1, 0.15) is 31.4 Å². The molecule has 2 heterocycles. The van der Waals surface area contributed by atoms with E-state index in [1.165, 1.54) is 25.7 Å². The molecule has 0 bridgehead atoms. The molecule has 0 atom stereocenters. The predicted molar refractivity (Wildman–Crippen MR) is 76.4 cm³/mol. The molecule has 3 rings (SSSR count). The van der Waals surface area contributed by atoms with Crippen LogP contribution in [-0.4, -0.2) is 34.2 Å². The first-order valence-corrected chi connectivity index (χ1v) is 7.06. The second-order valence-corrected chi connectivity index (χ2v) is 5.31. The highest BCUT2D eigenvalue weighted by atomic mass is 15.3. The Labute approximate surface area is 113 Å². The van der Waals surface area contributed by atoms with Crippen molar-refractivity contribution in [1.82, 2.24) is 14.6 Å². The highest BCUT2D eigenvalue weighted by molar-refractivity contribution is 5.47. The minimum absolute atomic E-state index is 0.624. The van der Waals surface area contributed by atoms with Crippen molar-refractivity contribution in [2.75, 3.05) is 18.5 Å². The van der Waals surface area contributed by atoms with E-state index in [4.69, 9.17) is 5.73 Å². The zero-order chi connectivity index (χ0) is 13.2. The fraction of sp³-hybridized carbons (Fsp3) is 0.571. The van der Waals surface area contributed by atoms with E-state index in [-0.39, 0.29) is 0 Å². The zero-order valence-electron chi connectivity index (χ0n) is 11.4. The molecule has 1 saturated carbocycles. The van der Waals surface area contributed by atoms with Gasteiger partial charge in [0.05, 0.1) is 11.9 Å². The van der Waals surface area contributed by atoms with Crippen LogP contribution in [0.25, 0.3) is 5.65 Å². The summed E-state index contributed by atoms with van der Waals surface area (Å²) in [5.41, 5.74) is 7.47. The average Bonchev–Trinajstić information content (AvgIpc) is 3.06. The van der Waals surface area contributed by atoms with Gasteiger partial charge in [0, 0.05) is 19.5 Å². The Bertz CT molecular complexity index is 556. The van der Waals surface area contributed by atoms with Gasteiger partial charge in [-0.2, -0.15) is 0 Å². The molecule has 2 aromatic rings. The van der Waals surface area contributed by atoms with Gasteiger partial charge in [-0.05, 0) is 31.5 Å². The summed E-state index contributed by atoms with van der Waals surface area (Å²) in [6.07, 6.45) is 8.01. The summed E-state index contributed by atoms with van der Waals surface area (Å²) >= 11 is 0. The van der Waals surface area contributed by atoms with Gasteiger partial charge >= 0.3 is 0 Å². The molecule has 0 radical (unpaired) electrons. The Morgan fingerprint density at radius 2 is 2.16 bits per heavy atom. The quantitative estimate of drug-likeness (QED) is 0.906. The first-order chi connectivity index (χ1) is 9.28. The topological polar surface area (TPSA) is 59.5 Å². The number of anilines is 1. The third-order valence-corrected chi connectivity index (χ3v) is 3.99. The monoisotopic (exact) mass is 259 g/mol. The zero-order valence-corrected chi connectivity index (χ0v) is 11.4. The third kappa shape index (κ3) is 2.42. The van der Waals surface area contributed by atoms with E-state index < -0.39 is 0 Å². The molecule has 1 aliphatic rings. The van der Waals surface area contributed by atoms with Gasteiger partial charge in [0.2, 0.25) is 0 Å². The number of nitrogens with two attached hydrogens (primary N) is 1. The van der Waals surface area contributed by atoms with Crippen molar-refractivity contribution >= 4 is 11.5 Å². The fourth-order valence-electron chi connectivity index (χ4n) is 2.86. The largest absolute Gasteiger partial charge is 0.355 e. The lowest BCUT2D eigenvalue weighted by Gasteiger charge is -2.25. The molecule has 0 aromatic carbocycles. The highest BCUT2D eigenvalue weighted by Crippen LogP contribution is 2.25. The van der Waals surface area contributed by atoms with E-state index in [9.17, 15) is 0 Å². The van der Waals surface area contributed by atoms with Gasteiger partial charge in [-0.25, -0.2) is 9.50 Å². The summed E-state index contributed by atoms with van der Waals surface area (Å²) in [5.74, 6) is 1.02. The van der Waals surface area contributed by atoms with Crippen LogP contribution >= 0.6 is 0 Å². The van der Waals surface area contributed by atoms with E-state index in [1.54, 1.807) is 0 Å². The maximum absolute atomic E-state index is 5.57. The van der Waals surface area contributed by atoms with Crippen LogP contribution in [0.5, 0.6) is 0 Å². The summed E-state index contributed by atoms with van der Waals surface area (Å²) in [5, 5.41) is 4.66. The van der Waals surface area contributed by atoms with Crippen molar-refractivity contribution in [3.8, 4) is 0 Å². The van der Waals surface area contributed by atoms with Gasteiger partial charge in [-0.1, -0.05) is 12.8 Å². The molecule has 1 fully saturated rings. The molecule has 102 valence electrons. The third-order valence-electron chi connectivity index (χ3n) is 3.99. The van der Waals surface area contributed by atoms with Gasteiger partial charge in [0.15, 0.2) is 5.65 Å². The maximum atomic E-state index is 5.57. The molecule has 2 N–H and O–H groups in total. The highest BCUT2D eigenvalue weighted by Gasteiger charge is 2.20. The second kappa shape index (κ2) is 5.17. The Kier molecular flexibility index (Phi) is 3.38. The molecule has 1 aliphatic carbocycles. The Balaban J connectivity index is 1.87. The van der Waals surface area contributed by atoms with Gasteiger partial charge in [-0.15, -0.1) is 5.10 Å². The van der Waals surface area contributed by atoms with Crippen LogP contribution in [0.2, 0.25) is 0 Å². The molecule has 0 saturated heterocycles. The number of nitrogens with zero attached hydrogens (tertiary/aromatic N) is 4. The molecule has 19 heavy (non-hydrogen) atoms. The van der Waals surface area contributed by atoms with Crippen LogP contribution in [0.3, 0.4) is 0 Å². The van der Waals surface area contributed by atoms with Crippen LogP contribution < -0.4 is 10.6 Å². The molecule has 0 spiro atoms. The van der Waals surface area contributed by atoms with Crippen LogP contribution in [0.4, 0.5) is 5.82 Å². The average molecular weight is 259 g/mol. The van der Waals surface area contributed by atoms with E-state index >= 15 is 0 Å². The summed E-state index contributed by atoms with van der Waals surface area (Å²) in [7, 11) is 2.14. The maximum Gasteiger partial charge on any atom is 0.153 e. The van der Waals surface area contributed by atoms with Crippen LogP contribution in [0.15, 0.2) is 18.3 Å². The van der Waals surface area contributed by atoms with Crippen molar-refractivity contribution in [1.29, 1.82) is 0 Å². The lowest BCUT2D eigenvalue weighted by atomic mass is 10.2. The molecular formula is C14H21N5. The van der Waals surface area contributed by atoms with Crippen molar-refractivity contribution in [2.24, 2.45) is 5.73 Å². The van der Waals surface area contributed by atoms with Gasteiger partial charge in [0.1, 0.15) is 5.82 Å². The van der Waals surface area contributed by atoms with Crippen LogP contribution in [-0.2, 0) is 6.42 Å². The number of fused-ring (bicyclic) bond motifs is 1. The molecule has 5 heteroatoms. The number of imidazole rings is 1. The van der Waals surface area contributed by atoms with Crippen LogP contribution in [0, 0.1) is 0 Å². The molecule has 5 nitrogen and oxygen atoms in total. The Hall–Kier alpha value is -1.62. The second-order valence-electron chi connectivity index (χ2n) is 5.31. The van der Waals surface area contributed by atoms with Gasteiger partial charge in [0.25, 0.3) is 0 Å². The minimum atomic E-state index is 0.624. The number of hydrogen-bond donors (Lipinski definition) is 1. The summed E-state index contributed by atoms with van der Waals surface area (Å²) in [6, 6.07) is 4.73. The predicted octanol–water partition coefficient (Wildman–Crippen LogP) is 1.61. The van der Waals surface area contributed by atoms with E-state index in [0.717, 1.165) is 23.6 Å². The van der Waals surface area contributed by atoms with Crippen molar-refractivity contribution in [3.63, 3.8) is 0 Å². The standard InChI is InChI=1S/C14H21N5/c1-18(12-4-2-3-5-12)14-7-6-13-16-11(8-9-15)10-19(13)17-14/h6-7,10,12H,2-5,8-9,15H2,1H3. The van der Waals surface area contributed by atoms with E-state index in [2.05, 4.69) is 28.1 Å². The molecule has 0 amide bonds. The first-order valence-electron chi connectivity index (χ1n) is 7.06. The SMILES string of the molecule is CN(c1ccc2nc(CCN)cn2n1)C1CCCC1. The summed E-state index contributed by atoms with van der Waals surface area (Å²) < 4.78 is 1.87. The lowest BCUT2D eigenvalue weighted by Crippen LogP contribution is -2.29. The smallest absolute Gasteiger partial charge is 0.153 e. The Morgan fingerprint density at radius 1 is 1.37 bits per heavy atom. The lowest BCUT2D eigenvalue weighted by molar-refractivity contribution is 0.640. The molecule has 0 unspecified atom stereocenters. The first kappa shape index (κ1) is 12.4. The fourth-order valence-corrected chi connectivity index (χ4v) is 2.86. The normalized spacial score (nSPS) is 16.3. The van der Waals surface area contributed by atoms with Crippen molar-refractivity contribution in [3.05, 3.63) is 24.0 Å².